The van der Waals surface area contributed by atoms with Crippen molar-refractivity contribution in [2.75, 3.05) is 14.2 Å². The molecule has 6 fully saturated rings. The summed E-state index contributed by atoms with van der Waals surface area (Å²) in [6.45, 7) is 3.81. The van der Waals surface area contributed by atoms with Crippen LogP contribution in [-0.4, -0.2) is 43.4 Å². The Balaban J connectivity index is 0.000000240. The maximum Gasteiger partial charge on any atom is 0.311 e. The molecule has 6 rings (SSSR count). The average Bonchev–Trinajstić information content (AvgIpc) is 2.89. The number of ketones is 1. The fraction of sp³-hybridized carbons (Fsp3) is 0.857. The molecule has 200 valence electrons. The number of hydrogen-bond acceptors (Lipinski definition) is 6. The van der Waals surface area contributed by atoms with Crippen LogP contribution in [0.25, 0.3) is 0 Å². The lowest BCUT2D eigenvalue weighted by atomic mass is 9.52. The van der Waals surface area contributed by atoms with Gasteiger partial charge in [0.15, 0.2) is 0 Å². The van der Waals surface area contributed by atoms with Crippen molar-refractivity contribution >= 4 is 23.6 Å². The van der Waals surface area contributed by atoms with Crippen molar-refractivity contribution in [3.63, 3.8) is 0 Å². The van der Waals surface area contributed by atoms with Crippen LogP contribution >= 0.6 is 0 Å². The molecule has 0 saturated heterocycles. The van der Waals surface area contributed by atoms with Crippen molar-refractivity contribution in [2.24, 2.45) is 16.2 Å². The fourth-order valence-electron chi connectivity index (χ4n) is 6.87. The van der Waals surface area contributed by atoms with E-state index in [9.17, 15) is 19.2 Å². The van der Waals surface area contributed by atoms with E-state index in [-0.39, 0.29) is 47.1 Å². The molecule has 0 aliphatic heterocycles. The Hall–Kier alpha value is -1.92. The molecule has 6 saturated carbocycles. The summed E-state index contributed by atoms with van der Waals surface area (Å²) in [6, 6.07) is 0. The van der Waals surface area contributed by atoms with Crippen LogP contribution in [0.2, 0.25) is 0 Å². The molecule has 1 N–H and O–H groups in total. The number of methoxy groups -OCH3 is 2. The van der Waals surface area contributed by atoms with Gasteiger partial charge in [-0.05, 0) is 82.5 Å². The van der Waals surface area contributed by atoms with Crippen LogP contribution in [0.4, 0.5) is 0 Å². The van der Waals surface area contributed by atoms with E-state index in [1.807, 2.05) is 13.8 Å². The predicted molar refractivity (Wildman–Crippen MR) is 135 cm³/mol. The van der Waals surface area contributed by atoms with Crippen LogP contribution in [0, 0.1) is 16.2 Å². The molecule has 7 heteroatoms. The molecule has 1 amide bonds. The first-order valence-corrected chi connectivity index (χ1v) is 13.1. The molecule has 0 unspecified atom stereocenters. The van der Waals surface area contributed by atoms with E-state index in [1.165, 1.54) is 14.2 Å². The summed E-state index contributed by atoms with van der Waals surface area (Å²) in [5, 5.41) is 3.15. The zero-order valence-electron chi connectivity index (χ0n) is 21.6. The SMILES string of the molecule is C.CCC(=O)CC12CCC(C(=O)OC)(CC1)CC2.CCC(=O)NC12CCC(C(=O)OC)(CC1)CC2. The molecule has 0 heterocycles. The third-order valence-electron chi connectivity index (χ3n) is 9.58. The number of carbonyl (C=O) groups is 4. The van der Waals surface area contributed by atoms with Crippen molar-refractivity contribution < 1.29 is 28.7 Å². The van der Waals surface area contributed by atoms with Gasteiger partial charge in [0.25, 0.3) is 0 Å². The Kier molecular flexibility index (Phi) is 9.57. The number of Topliss-reactive ketones (excluding diaryl/α,β-unsaturated/α-hetero) is 1. The van der Waals surface area contributed by atoms with Crippen molar-refractivity contribution in [1.82, 2.24) is 5.32 Å². The summed E-state index contributed by atoms with van der Waals surface area (Å²) >= 11 is 0. The van der Waals surface area contributed by atoms with Crippen LogP contribution in [0.5, 0.6) is 0 Å². The van der Waals surface area contributed by atoms with Gasteiger partial charge in [0.1, 0.15) is 5.78 Å². The molecular formula is C28H47NO6. The third kappa shape index (κ3) is 5.91. The Morgan fingerprint density at radius 2 is 1.06 bits per heavy atom. The monoisotopic (exact) mass is 493 g/mol. The highest BCUT2D eigenvalue weighted by Crippen LogP contribution is 2.59. The molecule has 4 bridgehead atoms. The van der Waals surface area contributed by atoms with E-state index in [2.05, 4.69) is 5.32 Å². The summed E-state index contributed by atoms with van der Waals surface area (Å²) < 4.78 is 9.86. The molecule has 6 aliphatic carbocycles. The average molecular weight is 494 g/mol. The van der Waals surface area contributed by atoms with E-state index in [0.717, 1.165) is 83.5 Å². The fourth-order valence-corrected chi connectivity index (χ4v) is 6.87. The maximum absolute atomic E-state index is 11.8. The van der Waals surface area contributed by atoms with Crippen LogP contribution in [-0.2, 0) is 28.7 Å². The van der Waals surface area contributed by atoms with E-state index < -0.39 is 0 Å². The molecule has 0 spiro atoms. The highest BCUT2D eigenvalue weighted by molar-refractivity contribution is 5.80. The Labute approximate surface area is 211 Å². The van der Waals surface area contributed by atoms with Crippen LogP contribution in [0.1, 0.15) is 118 Å². The predicted octanol–water partition coefficient (Wildman–Crippen LogP) is 5.28. The van der Waals surface area contributed by atoms with Gasteiger partial charge in [-0.25, -0.2) is 0 Å². The Morgan fingerprint density at radius 1 is 0.657 bits per heavy atom. The van der Waals surface area contributed by atoms with Crippen LogP contribution < -0.4 is 5.32 Å². The summed E-state index contributed by atoms with van der Waals surface area (Å²) in [5.41, 5.74) is -0.301. The van der Waals surface area contributed by atoms with Crippen molar-refractivity contribution in [3.05, 3.63) is 0 Å². The topological polar surface area (TPSA) is 98.8 Å². The lowest BCUT2D eigenvalue weighted by molar-refractivity contribution is -0.163. The molecule has 0 aromatic heterocycles. The zero-order chi connectivity index (χ0) is 25.0. The Morgan fingerprint density at radius 3 is 1.40 bits per heavy atom. The first-order chi connectivity index (χ1) is 16.1. The smallest absolute Gasteiger partial charge is 0.311 e. The number of fused-ring (bicyclic) bond motifs is 6. The van der Waals surface area contributed by atoms with Gasteiger partial charge in [0, 0.05) is 24.8 Å². The quantitative estimate of drug-likeness (QED) is 0.484. The number of nitrogens with one attached hydrogen (secondary N) is 1. The minimum absolute atomic E-state index is 0. The van der Waals surface area contributed by atoms with E-state index >= 15 is 0 Å². The van der Waals surface area contributed by atoms with Crippen LogP contribution in [0.3, 0.4) is 0 Å². The summed E-state index contributed by atoms with van der Waals surface area (Å²) in [7, 11) is 2.95. The van der Waals surface area contributed by atoms with Crippen molar-refractivity contribution in [2.45, 2.75) is 123 Å². The second kappa shape index (κ2) is 11.4. The number of ether oxygens (including phenoxy) is 2. The lowest BCUT2D eigenvalue weighted by Crippen LogP contribution is -2.58. The minimum Gasteiger partial charge on any atom is -0.469 e. The standard InChI is InChI=1S/C14H22O3.C13H21NO3.CH4/c1-3-11(15)10-13-4-7-14(8-5-13,9-6-13)12(16)17-2;1-3-10(15)14-13-7-4-12(5-8-13,6-9-13)11(16)17-2;/h3-10H2,1-2H3;3-9H2,1-2H3,(H,14,15);1H4. The van der Waals surface area contributed by atoms with Gasteiger partial charge < -0.3 is 14.8 Å². The second-order valence-electron chi connectivity index (χ2n) is 11.3. The van der Waals surface area contributed by atoms with Crippen molar-refractivity contribution in [3.8, 4) is 0 Å². The highest BCUT2D eigenvalue weighted by Gasteiger charge is 2.54. The summed E-state index contributed by atoms with van der Waals surface area (Å²) in [5.74, 6) is 0.398. The van der Waals surface area contributed by atoms with Gasteiger partial charge in [0.05, 0.1) is 25.0 Å². The second-order valence-corrected chi connectivity index (χ2v) is 11.3. The highest BCUT2D eigenvalue weighted by atomic mass is 16.5. The Bertz CT molecular complexity index is 688. The largest absolute Gasteiger partial charge is 0.469 e. The third-order valence-corrected chi connectivity index (χ3v) is 9.58. The number of amides is 1. The normalized spacial score (nSPS) is 34.5. The molecule has 0 atom stereocenters. The molecule has 6 aliphatic rings. The first kappa shape index (κ1) is 29.3. The van der Waals surface area contributed by atoms with Gasteiger partial charge in [-0.15, -0.1) is 0 Å². The number of hydrogen-bond donors (Lipinski definition) is 1. The lowest BCUT2D eigenvalue weighted by Gasteiger charge is -2.52. The van der Waals surface area contributed by atoms with Crippen molar-refractivity contribution in [1.29, 1.82) is 0 Å². The zero-order valence-corrected chi connectivity index (χ0v) is 21.6. The summed E-state index contributed by atoms with van der Waals surface area (Å²) in [6.07, 6.45) is 13.0. The number of esters is 2. The maximum atomic E-state index is 11.8. The molecule has 0 radical (unpaired) electrons. The molecular weight excluding hydrogens is 446 g/mol. The number of carbonyl (C=O) groups excluding carboxylic acids is 4. The van der Waals surface area contributed by atoms with Gasteiger partial charge >= 0.3 is 11.9 Å². The molecule has 0 aromatic rings. The van der Waals surface area contributed by atoms with Gasteiger partial charge in [-0.3, -0.25) is 19.2 Å². The molecule has 35 heavy (non-hydrogen) atoms. The molecule has 0 aromatic carbocycles. The minimum atomic E-state index is -0.257. The van der Waals surface area contributed by atoms with E-state index in [0.29, 0.717) is 18.6 Å². The van der Waals surface area contributed by atoms with Gasteiger partial charge in [-0.1, -0.05) is 21.3 Å². The first-order valence-electron chi connectivity index (χ1n) is 13.1. The van der Waals surface area contributed by atoms with Gasteiger partial charge in [-0.2, -0.15) is 0 Å². The van der Waals surface area contributed by atoms with Gasteiger partial charge in [0.2, 0.25) is 5.91 Å². The van der Waals surface area contributed by atoms with E-state index in [1.54, 1.807) is 0 Å². The van der Waals surface area contributed by atoms with Crippen LogP contribution in [0.15, 0.2) is 0 Å². The molecule has 7 nitrogen and oxygen atoms in total. The summed E-state index contributed by atoms with van der Waals surface area (Å²) in [4.78, 5) is 46.8. The van der Waals surface area contributed by atoms with E-state index in [4.69, 9.17) is 9.47 Å². The number of rotatable bonds is 7.